The molecule has 6 nitrogen and oxygen atoms in total. The largest absolute Gasteiger partial charge is 0.462 e. The number of hydrogen-bond acceptors (Lipinski definition) is 6. The Hall–Kier alpha value is -1.59. The molecule has 0 spiro atoms. The van der Waals surface area contributed by atoms with Gasteiger partial charge in [0.2, 0.25) is 0 Å². The summed E-state index contributed by atoms with van der Waals surface area (Å²) < 4.78 is 16.8. The quantitative estimate of drug-likeness (QED) is 0.0346. The smallest absolute Gasteiger partial charge is 0.306 e. The fourth-order valence-corrected chi connectivity index (χ4v) is 7.60. The summed E-state index contributed by atoms with van der Waals surface area (Å²) in [6.07, 6.45) is 43.7. The molecular weight excluding hydrogens is 709 g/mol. The summed E-state index contributed by atoms with van der Waals surface area (Å²) >= 11 is 0. The van der Waals surface area contributed by atoms with Crippen LogP contribution in [0.5, 0.6) is 0 Å². The molecule has 0 aromatic heterocycles. The molecule has 0 aliphatic heterocycles. The monoisotopic (exact) mass is 807 g/mol. The van der Waals surface area contributed by atoms with Gasteiger partial charge in [-0.1, -0.05) is 240 Å². The number of carbonyl (C=O) groups is 3. The van der Waals surface area contributed by atoms with E-state index in [0.717, 1.165) is 69.6 Å². The van der Waals surface area contributed by atoms with Crippen molar-refractivity contribution in [1.82, 2.24) is 0 Å². The Morgan fingerprint density at radius 3 is 1.00 bits per heavy atom. The number of carbonyl (C=O) groups excluding carboxylic acids is 3. The van der Waals surface area contributed by atoms with E-state index in [4.69, 9.17) is 14.2 Å². The molecule has 0 aromatic carbocycles. The molecule has 0 saturated heterocycles. The van der Waals surface area contributed by atoms with Gasteiger partial charge in [0.05, 0.1) is 0 Å². The zero-order valence-corrected chi connectivity index (χ0v) is 39.0. The van der Waals surface area contributed by atoms with Gasteiger partial charge >= 0.3 is 17.9 Å². The van der Waals surface area contributed by atoms with Crippen LogP contribution in [0.4, 0.5) is 0 Å². The van der Waals surface area contributed by atoms with E-state index in [1.54, 1.807) is 0 Å². The number of rotatable bonds is 45. The Morgan fingerprint density at radius 2 is 0.667 bits per heavy atom. The van der Waals surface area contributed by atoms with Crippen LogP contribution in [0, 0.1) is 11.8 Å². The SMILES string of the molecule is CCCCCCCCCCCCCCC(=O)OC[C@@H](COC(=O)CCCCCCCCCCCCCCCCC(C)C)OC(=O)CCCCCCCCC(C)CC. The van der Waals surface area contributed by atoms with Crippen molar-refractivity contribution >= 4 is 17.9 Å². The summed E-state index contributed by atoms with van der Waals surface area (Å²) in [5.74, 6) is 0.801. The maximum Gasteiger partial charge on any atom is 0.306 e. The van der Waals surface area contributed by atoms with Gasteiger partial charge in [0.25, 0.3) is 0 Å². The third-order valence-electron chi connectivity index (χ3n) is 11.8. The van der Waals surface area contributed by atoms with E-state index in [2.05, 4.69) is 34.6 Å². The molecular formula is C51H98O6. The van der Waals surface area contributed by atoms with Crippen LogP contribution in [0.15, 0.2) is 0 Å². The summed E-state index contributed by atoms with van der Waals surface area (Å²) in [6, 6.07) is 0. The highest BCUT2D eigenvalue weighted by molar-refractivity contribution is 5.71. The van der Waals surface area contributed by atoms with Crippen molar-refractivity contribution in [3.8, 4) is 0 Å². The Morgan fingerprint density at radius 1 is 0.368 bits per heavy atom. The zero-order valence-electron chi connectivity index (χ0n) is 39.0. The second-order valence-electron chi connectivity index (χ2n) is 18.2. The lowest BCUT2D eigenvalue weighted by atomic mass is 10.00. The van der Waals surface area contributed by atoms with Gasteiger partial charge in [0.1, 0.15) is 13.2 Å². The molecule has 0 aromatic rings. The van der Waals surface area contributed by atoms with Crippen LogP contribution >= 0.6 is 0 Å². The first-order valence-electron chi connectivity index (χ1n) is 25.3. The molecule has 0 aliphatic carbocycles. The summed E-state index contributed by atoms with van der Waals surface area (Å²) in [7, 11) is 0. The van der Waals surface area contributed by atoms with Crippen molar-refractivity contribution < 1.29 is 28.6 Å². The van der Waals surface area contributed by atoms with Crippen LogP contribution in [-0.2, 0) is 28.6 Å². The molecule has 0 N–H and O–H groups in total. The first-order valence-corrected chi connectivity index (χ1v) is 25.3. The Bertz CT molecular complexity index is 872. The average molecular weight is 807 g/mol. The van der Waals surface area contributed by atoms with Crippen LogP contribution in [-0.4, -0.2) is 37.2 Å². The van der Waals surface area contributed by atoms with Crippen LogP contribution in [0.25, 0.3) is 0 Å². The third-order valence-corrected chi connectivity index (χ3v) is 11.8. The molecule has 0 fully saturated rings. The van der Waals surface area contributed by atoms with Gasteiger partial charge in [-0.2, -0.15) is 0 Å². The fourth-order valence-electron chi connectivity index (χ4n) is 7.60. The Kier molecular flexibility index (Phi) is 42.7. The molecule has 6 heteroatoms. The third kappa shape index (κ3) is 43.8. The first kappa shape index (κ1) is 55.4. The van der Waals surface area contributed by atoms with Crippen molar-refractivity contribution in [2.45, 2.75) is 285 Å². The van der Waals surface area contributed by atoms with Crippen molar-refractivity contribution in [2.75, 3.05) is 13.2 Å². The molecule has 0 rings (SSSR count). The van der Waals surface area contributed by atoms with E-state index >= 15 is 0 Å². The second kappa shape index (κ2) is 44.0. The van der Waals surface area contributed by atoms with Crippen LogP contribution < -0.4 is 0 Å². The fraction of sp³-hybridized carbons (Fsp3) is 0.941. The van der Waals surface area contributed by atoms with Gasteiger partial charge in [-0.25, -0.2) is 0 Å². The topological polar surface area (TPSA) is 78.9 Å². The highest BCUT2D eigenvalue weighted by Gasteiger charge is 2.19. The molecule has 1 unspecified atom stereocenters. The minimum Gasteiger partial charge on any atom is -0.462 e. The van der Waals surface area contributed by atoms with E-state index in [0.29, 0.717) is 19.3 Å². The standard InChI is InChI=1S/C51H98O6/c1-6-8-9-10-11-12-13-19-22-25-31-36-41-49(52)55-44-48(57-51(54)43-38-33-28-27-30-35-40-47(5)7-2)45-56-50(53)42-37-32-26-23-20-17-15-14-16-18-21-24-29-34-39-46(3)4/h46-48H,6-45H2,1-5H3/t47?,48-/m0/s1. The molecule has 0 saturated carbocycles. The highest BCUT2D eigenvalue weighted by Crippen LogP contribution is 2.17. The van der Waals surface area contributed by atoms with Crippen molar-refractivity contribution in [1.29, 1.82) is 0 Å². The lowest BCUT2D eigenvalue weighted by Gasteiger charge is -2.18. The molecule has 0 radical (unpaired) electrons. The molecule has 338 valence electrons. The molecule has 57 heavy (non-hydrogen) atoms. The molecule has 0 amide bonds. The van der Waals surface area contributed by atoms with Crippen molar-refractivity contribution in [3.63, 3.8) is 0 Å². The number of unbranched alkanes of at least 4 members (excludes halogenated alkanes) is 29. The number of hydrogen-bond donors (Lipinski definition) is 0. The van der Waals surface area contributed by atoms with Crippen molar-refractivity contribution in [2.24, 2.45) is 11.8 Å². The minimum atomic E-state index is -0.761. The average Bonchev–Trinajstić information content (AvgIpc) is 3.19. The van der Waals surface area contributed by atoms with E-state index in [1.165, 1.54) is 167 Å². The molecule has 2 atom stereocenters. The van der Waals surface area contributed by atoms with E-state index in [-0.39, 0.29) is 31.1 Å². The second-order valence-corrected chi connectivity index (χ2v) is 18.2. The van der Waals surface area contributed by atoms with Gasteiger partial charge in [0, 0.05) is 19.3 Å². The van der Waals surface area contributed by atoms with Crippen molar-refractivity contribution in [3.05, 3.63) is 0 Å². The highest BCUT2D eigenvalue weighted by atomic mass is 16.6. The van der Waals surface area contributed by atoms with Crippen LogP contribution in [0.1, 0.15) is 279 Å². The van der Waals surface area contributed by atoms with Gasteiger partial charge in [-0.05, 0) is 31.1 Å². The van der Waals surface area contributed by atoms with E-state index in [9.17, 15) is 14.4 Å². The zero-order chi connectivity index (χ0) is 41.9. The summed E-state index contributed by atoms with van der Waals surface area (Å²) in [4.78, 5) is 37.8. The Balaban J connectivity index is 4.27. The van der Waals surface area contributed by atoms with Crippen LogP contribution in [0.2, 0.25) is 0 Å². The summed E-state index contributed by atoms with van der Waals surface area (Å²) in [6.45, 7) is 11.3. The normalized spacial score (nSPS) is 12.5. The summed E-state index contributed by atoms with van der Waals surface area (Å²) in [5.41, 5.74) is 0. The summed E-state index contributed by atoms with van der Waals surface area (Å²) in [5, 5.41) is 0. The minimum absolute atomic E-state index is 0.0647. The molecule has 0 heterocycles. The van der Waals surface area contributed by atoms with Gasteiger partial charge in [0.15, 0.2) is 6.10 Å². The molecule has 0 aliphatic rings. The van der Waals surface area contributed by atoms with Gasteiger partial charge in [-0.15, -0.1) is 0 Å². The lowest BCUT2D eigenvalue weighted by Crippen LogP contribution is -2.30. The number of esters is 3. The maximum absolute atomic E-state index is 12.7. The number of ether oxygens (including phenoxy) is 3. The van der Waals surface area contributed by atoms with Crippen LogP contribution in [0.3, 0.4) is 0 Å². The molecule has 0 bridgehead atoms. The Labute approximate surface area is 355 Å². The maximum atomic E-state index is 12.7. The first-order chi connectivity index (χ1) is 27.8. The van der Waals surface area contributed by atoms with Gasteiger partial charge < -0.3 is 14.2 Å². The predicted octanol–water partition coefficient (Wildman–Crippen LogP) is 16.1. The lowest BCUT2D eigenvalue weighted by molar-refractivity contribution is -0.167. The predicted molar refractivity (Wildman–Crippen MR) is 243 cm³/mol. The van der Waals surface area contributed by atoms with E-state index < -0.39 is 6.10 Å². The van der Waals surface area contributed by atoms with E-state index in [1.807, 2.05) is 0 Å². The van der Waals surface area contributed by atoms with Gasteiger partial charge in [-0.3, -0.25) is 14.4 Å².